The summed E-state index contributed by atoms with van der Waals surface area (Å²) in [6.07, 6.45) is 1.69. The van der Waals surface area contributed by atoms with Gasteiger partial charge in [0.15, 0.2) is 9.84 Å². The van der Waals surface area contributed by atoms with Crippen LogP contribution >= 0.6 is 0 Å². The molecular formula is C23H30N2O4S. The van der Waals surface area contributed by atoms with Crippen molar-refractivity contribution >= 4 is 21.4 Å². The molecule has 30 heavy (non-hydrogen) atoms. The van der Waals surface area contributed by atoms with Crippen molar-refractivity contribution in [2.75, 3.05) is 30.3 Å². The van der Waals surface area contributed by atoms with Crippen molar-refractivity contribution in [3.05, 3.63) is 53.6 Å². The Morgan fingerprint density at radius 2 is 1.77 bits per heavy atom. The summed E-state index contributed by atoms with van der Waals surface area (Å²) in [5.41, 5.74) is 2.61. The Morgan fingerprint density at radius 1 is 1.10 bits per heavy atom. The first-order valence-corrected chi connectivity index (χ1v) is 12.1. The number of piperidine rings is 1. The lowest BCUT2D eigenvalue weighted by molar-refractivity contribution is 0.0931. The minimum absolute atomic E-state index is 0.0614. The Kier molecular flexibility index (Phi) is 7.02. The van der Waals surface area contributed by atoms with Gasteiger partial charge in [-0.15, -0.1) is 0 Å². The van der Waals surface area contributed by atoms with Gasteiger partial charge in [0.05, 0.1) is 17.3 Å². The number of hydrogen-bond donors (Lipinski definition) is 1. The molecule has 1 saturated heterocycles. The highest BCUT2D eigenvalue weighted by molar-refractivity contribution is 7.91. The summed E-state index contributed by atoms with van der Waals surface area (Å²) in [5.74, 6) is 0.847. The number of carbonyl (C=O) groups is 1. The van der Waals surface area contributed by atoms with Crippen LogP contribution < -0.4 is 15.0 Å². The van der Waals surface area contributed by atoms with E-state index in [0.717, 1.165) is 42.9 Å². The maximum absolute atomic E-state index is 12.6. The van der Waals surface area contributed by atoms with Crippen molar-refractivity contribution in [3.8, 4) is 5.75 Å². The van der Waals surface area contributed by atoms with Gasteiger partial charge in [-0.05, 0) is 74.7 Å². The molecular weight excluding hydrogens is 400 g/mol. The standard InChI is InChI=1S/C23H30N2O4S/c1-4-29-22-11-6-18(16-17(22)3)23(26)24-19-12-14-25(15-13-19)20-7-9-21(10-8-20)30(27,28)5-2/h6-11,16,19H,4-5,12-15H2,1-3H3,(H,24,26). The number of nitrogens with one attached hydrogen (secondary N) is 1. The summed E-state index contributed by atoms with van der Waals surface area (Å²) < 4.78 is 29.5. The number of ether oxygens (including phenoxy) is 1. The molecule has 0 aliphatic carbocycles. The zero-order valence-electron chi connectivity index (χ0n) is 17.8. The van der Waals surface area contributed by atoms with E-state index >= 15 is 0 Å². The number of carbonyl (C=O) groups excluding carboxylic acids is 1. The second kappa shape index (κ2) is 9.51. The van der Waals surface area contributed by atoms with Crippen LogP contribution in [0.2, 0.25) is 0 Å². The molecule has 1 amide bonds. The molecule has 1 N–H and O–H groups in total. The van der Waals surface area contributed by atoms with Gasteiger partial charge < -0.3 is 15.0 Å². The fourth-order valence-corrected chi connectivity index (χ4v) is 4.57. The first-order valence-electron chi connectivity index (χ1n) is 10.5. The molecule has 162 valence electrons. The highest BCUT2D eigenvalue weighted by atomic mass is 32.2. The van der Waals surface area contributed by atoms with Crippen molar-refractivity contribution in [2.24, 2.45) is 0 Å². The molecule has 7 heteroatoms. The largest absolute Gasteiger partial charge is 0.494 e. The predicted octanol–water partition coefficient (Wildman–Crippen LogP) is 3.59. The Hall–Kier alpha value is -2.54. The smallest absolute Gasteiger partial charge is 0.251 e. The van der Waals surface area contributed by atoms with Gasteiger partial charge in [0.25, 0.3) is 5.91 Å². The molecule has 1 heterocycles. The number of anilines is 1. The third kappa shape index (κ3) is 5.14. The van der Waals surface area contributed by atoms with Gasteiger partial charge in [0.1, 0.15) is 5.75 Å². The molecule has 3 rings (SSSR count). The van der Waals surface area contributed by atoms with E-state index in [4.69, 9.17) is 4.74 Å². The first-order chi connectivity index (χ1) is 14.3. The number of amides is 1. The monoisotopic (exact) mass is 430 g/mol. The number of rotatable bonds is 7. The lowest BCUT2D eigenvalue weighted by Crippen LogP contribution is -2.44. The van der Waals surface area contributed by atoms with Gasteiger partial charge in [0, 0.05) is 30.4 Å². The normalized spacial score (nSPS) is 15.1. The first kappa shape index (κ1) is 22.2. The van der Waals surface area contributed by atoms with Crippen LogP contribution in [-0.4, -0.2) is 45.8 Å². The number of aryl methyl sites for hydroxylation is 1. The lowest BCUT2D eigenvalue weighted by atomic mass is 10.0. The SMILES string of the molecule is CCOc1ccc(C(=O)NC2CCN(c3ccc(S(=O)(=O)CC)cc3)CC2)cc1C. The molecule has 0 saturated carbocycles. The fourth-order valence-electron chi connectivity index (χ4n) is 3.69. The quantitative estimate of drug-likeness (QED) is 0.727. The number of nitrogens with zero attached hydrogens (tertiary/aromatic N) is 1. The van der Waals surface area contributed by atoms with Crippen LogP contribution in [0.25, 0.3) is 0 Å². The Bertz CT molecular complexity index is 979. The van der Waals surface area contributed by atoms with Crippen LogP contribution in [0.15, 0.2) is 47.4 Å². The predicted molar refractivity (Wildman–Crippen MR) is 119 cm³/mol. The number of hydrogen-bond acceptors (Lipinski definition) is 5. The van der Waals surface area contributed by atoms with Gasteiger partial charge in [-0.3, -0.25) is 4.79 Å². The van der Waals surface area contributed by atoms with Crippen LogP contribution in [0.3, 0.4) is 0 Å². The minimum Gasteiger partial charge on any atom is -0.494 e. The molecule has 0 radical (unpaired) electrons. The highest BCUT2D eigenvalue weighted by Crippen LogP contribution is 2.23. The molecule has 0 unspecified atom stereocenters. The van der Waals surface area contributed by atoms with Gasteiger partial charge in [0.2, 0.25) is 0 Å². The van der Waals surface area contributed by atoms with Crippen LogP contribution in [0.5, 0.6) is 5.75 Å². The molecule has 0 aromatic heterocycles. The van der Waals surface area contributed by atoms with E-state index < -0.39 is 9.84 Å². The van der Waals surface area contributed by atoms with Gasteiger partial charge >= 0.3 is 0 Å². The van der Waals surface area contributed by atoms with Crippen LogP contribution in [0.1, 0.15) is 42.6 Å². The lowest BCUT2D eigenvalue weighted by Gasteiger charge is -2.34. The van der Waals surface area contributed by atoms with Gasteiger partial charge in [-0.1, -0.05) is 6.92 Å². The minimum atomic E-state index is -3.18. The van der Waals surface area contributed by atoms with E-state index in [1.165, 1.54) is 0 Å². The van der Waals surface area contributed by atoms with E-state index in [2.05, 4.69) is 10.2 Å². The Labute approximate surface area is 179 Å². The van der Waals surface area contributed by atoms with E-state index in [0.29, 0.717) is 17.1 Å². The molecule has 0 spiro atoms. The maximum Gasteiger partial charge on any atom is 0.251 e. The van der Waals surface area contributed by atoms with Crippen LogP contribution in [-0.2, 0) is 9.84 Å². The Morgan fingerprint density at radius 3 is 2.33 bits per heavy atom. The molecule has 2 aromatic carbocycles. The molecule has 0 atom stereocenters. The molecule has 1 fully saturated rings. The summed E-state index contributed by atoms with van der Waals surface area (Å²) in [7, 11) is -3.18. The van der Waals surface area contributed by atoms with Crippen molar-refractivity contribution in [1.82, 2.24) is 5.32 Å². The summed E-state index contributed by atoms with van der Waals surface area (Å²) >= 11 is 0. The zero-order valence-corrected chi connectivity index (χ0v) is 18.7. The van der Waals surface area contributed by atoms with Gasteiger partial charge in [-0.25, -0.2) is 8.42 Å². The van der Waals surface area contributed by atoms with E-state index in [-0.39, 0.29) is 17.7 Å². The summed E-state index contributed by atoms with van der Waals surface area (Å²) in [6, 6.07) is 12.7. The van der Waals surface area contributed by atoms with Crippen molar-refractivity contribution < 1.29 is 17.9 Å². The number of benzene rings is 2. The topological polar surface area (TPSA) is 75.7 Å². The van der Waals surface area contributed by atoms with E-state index in [9.17, 15) is 13.2 Å². The highest BCUT2D eigenvalue weighted by Gasteiger charge is 2.22. The van der Waals surface area contributed by atoms with E-state index in [1.807, 2.05) is 38.1 Å². The fraction of sp³-hybridized carbons (Fsp3) is 0.435. The Balaban J connectivity index is 1.55. The van der Waals surface area contributed by atoms with Crippen LogP contribution in [0.4, 0.5) is 5.69 Å². The summed E-state index contributed by atoms with van der Waals surface area (Å²) in [4.78, 5) is 15.2. The van der Waals surface area contributed by atoms with Gasteiger partial charge in [-0.2, -0.15) is 0 Å². The zero-order chi connectivity index (χ0) is 21.7. The average Bonchev–Trinajstić information content (AvgIpc) is 2.76. The molecule has 2 aromatic rings. The van der Waals surface area contributed by atoms with Crippen LogP contribution in [0, 0.1) is 6.92 Å². The second-order valence-corrected chi connectivity index (χ2v) is 9.82. The maximum atomic E-state index is 12.6. The van der Waals surface area contributed by atoms with Crippen molar-refractivity contribution in [2.45, 2.75) is 44.6 Å². The summed E-state index contributed by atoms with van der Waals surface area (Å²) in [6.45, 7) is 7.75. The van der Waals surface area contributed by atoms with Crippen molar-refractivity contribution in [1.29, 1.82) is 0 Å². The third-order valence-corrected chi connectivity index (χ3v) is 7.26. The van der Waals surface area contributed by atoms with Crippen molar-refractivity contribution in [3.63, 3.8) is 0 Å². The molecule has 0 bridgehead atoms. The molecule has 1 aliphatic rings. The second-order valence-electron chi connectivity index (χ2n) is 7.55. The average molecular weight is 431 g/mol. The summed E-state index contributed by atoms with van der Waals surface area (Å²) in [5, 5.41) is 3.14. The number of sulfone groups is 1. The third-order valence-electron chi connectivity index (χ3n) is 5.51. The van der Waals surface area contributed by atoms with E-state index in [1.54, 1.807) is 25.1 Å². The molecule has 6 nitrogen and oxygen atoms in total. The molecule has 1 aliphatic heterocycles.